The van der Waals surface area contributed by atoms with E-state index in [-0.39, 0.29) is 6.09 Å². The number of anilines is 1. The topological polar surface area (TPSA) is 55.6 Å². The average molecular weight is 294 g/mol. The molecule has 0 saturated carbocycles. The first-order valence-corrected chi connectivity index (χ1v) is 7.71. The van der Waals surface area contributed by atoms with E-state index in [0.717, 1.165) is 25.2 Å². The van der Waals surface area contributed by atoms with Gasteiger partial charge in [0.05, 0.1) is 0 Å². The van der Waals surface area contributed by atoms with Crippen molar-refractivity contribution in [2.45, 2.75) is 42.9 Å². The second-order valence-electron chi connectivity index (χ2n) is 6.02. The molecule has 110 valence electrons. The number of nitrogens with two attached hydrogens (primary N) is 1. The SMILES string of the molecule is CC(C)(C)OC(=O)N1CCC(Sc2ccc(N)cc2)C1. The van der Waals surface area contributed by atoms with Gasteiger partial charge in [-0.3, -0.25) is 0 Å². The van der Waals surface area contributed by atoms with E-state index < -0.39 is 5.60 Å². The normalized spacial score (nSPS) is 19.1. The van der Waals surface area contributed by atoms with Crippen LogP contribution in [-0.4, -0.2) is 34.9 Å². The Labute approximate surface area is 124 Å². The van der Waals surface area contributed by atoms with Crippen molar-refractivity contribution in [3.8, 4) is 0 Å². The summed E-state index contributed by atoms with van der Waals surface area (Å²) < 4.78 is 5.40. The second kappa shape index (κ2) is 5.95. The van der Waals surface area contributed by atoms with Crippen LogP contribution in [0.2, 0.25) is 0 Å². The van der Waals surface area contributed by atoms with Crippen molar-refractivity contribution >= 4 is 23.5 Å². The van der Waals surface area contributed by atoms with Crippen molar-refractivity contribution in [2.75, 3.05) is 18.8 Å². The van der Waals surface area contributed by atoms with E-state index in [9.17, 15) is 4.79 Å². The monoisotopic (exact) mass is 294 g/mol. The predicted molar refractivity (Wildman–Crippen MR) is 82.9 cm³/mol. The Hall–Kier alpha value is -1.36. The number of nitrogens with zero attached hydrogens (tertiary/aromatic N) is 1. The van der Waals surface area contributed by atoms with Gasteiger partial charge in [-0.25, -0.2) is 4.79 Å². The van der Waals surface area contributed by atoms with E-state index in [0.29, 0.717) is 5.25 Å². The molecular weight excluding hydrogens is 272 g/mol. The highest BCUT2D eigenvalue weighted by Gasteiger charge is 2.30. The van der Waals surface area contributed by atoms with E-state index in [4.69, 9.17) is 10.5 Å². The molecule has 1 heterocycles. The van der Waals surface area contributed by atoms with Crippen LogP contribution < -0.4 is 5.73 Å². The summed E-state index contributed by atoms with van der Waals surface area (Å²) in [5.41, 5.74) is 6.02. The number of likely N-dealkylation sites (tertiary alicyclic amines) is 1. The minimum atomic E-state index is -0.431. The van der Waals surface area contributed by atoms with Crippen molar-refractivity contribution < 1.29 is 9.53 Å². The van der Waals surface area contributed by atoms with Gasteiger partial charge < -0.3 is 15.4 Å². The number of rotatable bonds is 2. The van der Waals surface area contributed by atoms with Crippen molar-refractivity contribution in [3.63, 3.8) is 0 Å². The Morgan fingerprint density at radius 3 is 2.60 bits per heavy atom. The van der Waals surface area contributed by atoms with Gasteiger partial charge in [-0.15, -0.1) is 11.8 Å². The highest BCUT2D eigenvalue weighted by atomic mass is 32.2. The molecule has 1 aliphatic rings. The largest absolute Gasteiger partial charge is 0.444 e. The molecule has 0 aromatic heterocycles. The highest BCUT2D eigenvalue weighted by Crippen LogP contribution is 2.30. The van der Waals surface area contributed by atoms with Crippen molar-refractivity contribution in [1.29, 1.82) is 0 Å². The third kappa shape index (κ3) is 4.34. The third-order valence-electron chi connectivity index (χ3n) is 2.98. The van der Waals surface area contributed by atoms with Crippen LogP contribution in [0.4, 0.5) is 10.5 Å². The molecule has 1 aromatic rings. The van der Waals surface area contributed by atoms with Gasteiger partial charge in [0.2, 0.25) is 0 Å². The van der Waals surface area contributed by atoms with Crippen molar-refractivity contribution in [3.05, 3.63) is 24.3 Å². The van der Waals surface area contributed by atoms with Gasteiger partial charge in [0.25, 0.3) is 0 Å². The summed E-state index contributed by atoms with van der Waals surface area (Å²) in [5.74, 6) is 0. The molecule has 2 rings (SSSR count). The fraction of sp³-hybridized carbons (Fsp3) is 0.533. The molecular formula is C15H22N2O2S. The van der Waals surface area contributed by atoms with Crippen molar-refractivity contribution in [1.82, 2.24) is 4.90 Å². The quantitative estimate of drug-likeness (QED) is 0.850. The molecule has 1 atom stereocenters. The zero-order valence-electron chi connectivity index (χ0n) is 12.3. The van der Waals surface area contributed by atoms with E-state index in [1.54, 1.807) is 16.7 Å². The van der Waals surface area contributed by atoms with Gasteiger partial charge in [0.1, 0.15) is 5.60 Å². The summed E-state index contributed by atoms with van der Waals surface area (Å²) >= 11 is 1.79. The smallest absolute Gasteiger partial charge is 0.410 e. The predicted octanol–water partition coefficient (Wildman–Crippen LogP) is 3.37. The maximum Gasteiger partial charge on any atom is 0.410 e. The van der Waals surface area contributed by atoms with Gasteiger partial charge in [0, 0.05) is 28.9 Å². The van der Waals surface area contributed by atoms with Gasteiger partial charge in [-0.1, -0.05) is 0 Å². The summed E-state index contributed by atoms with van der Waals surface area (Å²) in [6.45, 7) is 7.18. The lowest BCUT2D eigenvalue weighted by Gasteiger charge is -2.24. The first kappa shape index (κ1) is 15.0. The van der Waals surface area contributed by atoms with Crippen molar-refractivity contribution in [2.24, 2.45) is 0 Å². The fourth-order valence-electron chi connectivity index (χ4n) is 2.06. The lowest BCUT2D eigenvalue weighted by atomic mass is 10.2. The molecule has 0 spiro atoms. The number of hydrogen-bond acceptors (Lipinski definition) is 4. The number of carbonyl (C=O) groups is 1. The van der Waals surface area contributed by atoms with Crippen LogP contribution in [-0.2, 0) is 4.74 Å². The molecule has 1 unspecified atom stereocenters. The van der Waals surface area contributed by atoms with Crippen LogP contribution >= 0.6 is 11.8 Å². The zero-order chi connectivity index (χ0) is 14.8. The summed E-state index contributed by atoms with van der Waals surface area (Å²) in [6.07, 6.45) is 0.784. The molecule has 1 aromatic carbocycles. The number of benzene rings is 1. The number of carbonyl (C=O) groups excluding carboxylic acids is 1. The maximum absolute atomic E-state index is 12.0. The molecule has 0 aliphatic carbocycles. The third-order valence-corrected chi connectivity index (χ3v) is 4.24. The van der Waals surface area contributed by atoms with Gasteiger partial charge >= 0.3 is 6.09 Å². The second-order valence-corrected chi connectivity index (χ2v) is 7.40. The van der Waals surface area contributed by atoms with Crippen LogP contribution in [0.3, 0.4) is 0 Å². The van der Waals surface area contributed by atoms with E-state index in [2.05, 4.69) is 0 Å². The number of hydrogen-bond donors (Lipinski definition) is 1. The lowest BCUT2D eigenvalue weighted by molar-refractivity contribution is 0.0295. The first-order chi connectivity index (χ1) is 9.33. The lowest BCUT2D eigenvalue weighted by Crippen LogP contribution is -2.35. The minimum absolute atomic E-state index is 0.210. The molecule has 20 heavy (non-hydrogen) atoms. The summed E-state index contributed by atoms with van der Waals surface area (Å²) in [5, 5.41) is 0.422. The average Bonchev–Trinajstić information content (AvgIpc) is 2.79. The Kier molecular flexibility index (Phi) is 4.48. The molecule has 4 nitrogen and oxygen atoms in total. The van der Waals surface area contributed by atoms with E-state index in [1.165, 1.54) is 4.90 Å². The molecule has 5 heteroatoms. The Bertz CT molecular complexity index is 468. The standard InChI is InChI=1S/C15H22N2O2S/c1-15(2,3)19-14(18)17-9-8-13(10-17)20-12-6-4-11(16)5-7-12/h4-7,13H,8-10,16H2,1-3H3. The van der Waals surface area contributed by atoms with Crippen LogP contribution in [0.15, 0.2) is 29.2 Å². The maximum atomic E-state index is 12.0. The summed E-state index contributed by atoms with van der Waals surface area (Å²) in [6, 6.07) is 7.86. The number of nitrogen functional groups attached to an aromatic ring is 1. The van der Waals surface area contributed by atoms with E-state index >= 15 is 0 Å². The summed E-state index contributed by atoms with van der Waals surface area (Å²) in [7, 11) is 0. The Morgan fingerprint density at radius 1 is 1.35 bits per heavy atom. The Balaban J connectivity index is 1.86. The Morgan fingerprint density at radius 2 is 2.00 bits per heavy atom. The molecule has 1 saturated heterocycles. The molecule has 2 N–H and O–H groups in total. The van der Waals surface area contributed by atoms with Crippen LogP contribution in [0.25, 0.3) is 0 Å². The van der Waals surface area contributed by atoms with Crippen LogP contribution in [0, 0.1) is 0 Å². The van der Waals surface area contributed by atoms with Gasteiger partial charge in [0.15, 0.2) is 0 Å². The molecule has 1 amide bonds. The number of ether oxygens (including phenoxy) is 1. The van der Waals surface area contributed by atoms with Gasteiger partial charge in [-0.2, -0.15) is 0 Å². The molecule has 1 fully saturated rings. The van der Waals surface area contributed by atoms with E-state index in [1.807, 2.05) is 45.0 Å². The summed E-state index contributed by atoms with van der Waals surface area (Å²) in [4.78, 5) is 15.0. The van der Waals surface area contributed by atoms with Crippen LogP contribution in [0.1, 0.15) is 27.2 Å². The van der Waals surface area contributed by atoms with Crippen LogP contribution in [0.5, 0.6) is 0 Å². The minimum Gasteiger partial charge on any atom is -0.444 e. The molecule has 0 radical (unpaired) electrons. The molecule has 1 aliphatic heterocycles. The number of thioether (sulfide) groups is 1. The zero-order valence-corrected chi connectivity index (χ0v) is 13.1. The fourth-order valence-corrected chi connectivity index (χ4v) is 3.21. The first-order valence-electron chi connectivity index (χ1n) is 6.83. The van der Waals surface area contributed by atoms with Gasteiger partial charge in [-0.05, 0) is 51.5 Å². The number of amides is 1. The molecule has 0 bridgehead atoms. The highest BCUT2D eigenvalue weighted by molar-refractivity contribution is 8.00.